The van der Waals surface area contributed by atoms with Crippen molar-refractivity contribution in [2.75, 3.05) is 11.5 Å². The lowest BCUT2D eigenvalue weighted by molar-refractivity contribution is 0.777. The smallest absolute Gasteiger partial charge is 0.351 e. The van der Waals surface area contributed by atoms with Gasteiger partial charge in [0.05, 0.1) is 0 Å². The Morgan fingerprint density at radius 2 is 1.63 bits per heavy atom. The fourth-order valence-electron chi connectivity index (χ4n) is 1.08. The third-order valence-corrected chi connectivity index (χ3v) is 2.18. The highest BCUT2D eigenvalue weighted by Crippen LogP contribution is 1.99. The van der Waals surface area contributed by atoms with Gasteiger partial charge in [-0.3, -0.25) is 4.57 Å². The normalized spacial score (nSPS) is 9.63. The number of hydrogen-bond acceptors (Lipinski definition) is 7. The molecule has 0 unspecified atom stereocenters. The van der Waals surface area contributed by atoms with Gasteiger partial charge >= 0.3 is 11.4 Å². The predicted octanol–water partition coefficient (Wildman–Crippen LogP) is -1.57. The minimum Gasteiger partial charge on any atom is -0.383 e. The van der Waals surface area contributed by atoms with Crippen molar-refractivity contribution in [3.05, 3.63) is 39.1 Å². The quantitative estimate of drug-likeness (QED) is 0.587. The summed E-state index contributed by atoms with van der Waals surface area (Å²) in [5, 5.41) is 0. The maximum Gasteiger partial charge on any atom is 0.351 e. The van der Waals surface area contributed by atoms with Crippen molar-refractivity contribution in [3.8, 4) is 0 Å². The molecule has 0 bridgehead atoms. The van der Waals surface area contributed by atoms with Gasteiger partial charge in [-0.25, -0.2) is 14.6 Å². The molecule has 102 valence electrons. The first-order chi connectivity index (χ1) is 8.81. The molecular formula is C10H15N7O2. The molecule has 19 heavy (non-hydrogen) atoms. The van der Waals surface area contributed by atoms with Gasteiger partial charge < -0.3 is 16.0 Å². The van der Waals surface area contributed by atoms with Gasteiger partial charge in [-0.2, -0.15) is 9.97 Å². The van der Waals surface area contributed by atoms with Gasteiger partial charge in [0.2, 0.25) is 5.95 Å². The van der Waals surface area contributed by atoms with E-state index in [0.29, 0.717) is 5.82 Å². The highest BCUT2D eigenvalue weighted by molar-refractivity contribution is 5.34. The van der Waals surface area contributed by atoms with Crippen LogP contribution in [0.5, 0.6) is 0 Å². The van der Waals surface area contributed by atoms with Crippen molar-refractivity contribution in [3.63, 3.8) is 0 Å². The molecule has 0 spiro atoms. The third-order valence-electron chi connectivity index (χ3n) is 2.18. The van der Waals surface area contributed by atoms with Crippen LogP contribution in [-0.2, 0) is 14.1 Å². The van der Waals surface area contributed by atoms with E-state index in [9.17, 15) is 9.59 Å². The number of nitrogens with two attached hydrogens (primary N) is 2. The standard InChI is InChI=1S/C6H9N3O.C4H6N4O/c1-4-3-9(2)6(10)8-5(4)7;1-8-2-6-3(5)7-4(8)9/h3H,1-2H3,(H2,7,8,10);2H,1H3,(H2,5,7,9). The SMILES string of the molecule is Cc1cn(C)c(=O)nc1N.Cn1cnc(N)nc1=O. The fraction of sp³-hybridized carbons (Fsp3) is 0.300. The second-order valence-electron chi connectivity index (χ2n) is 3.81. The minimum absolute atomic E-state index is 0.0121. The molecule has 0 radical (unpaired) electrons. The molecule has 0 aliphatic rings. The number of aryl methyl sites for hydroxylation is 3. The highest BCUT2D eigenvalue weighted by atomic mass is 16.1. The molecule has 0 amide bonds. The second-order valence-corrected chi connectivity index (χ2v) is 3.81. The van der Waals surface area contributed by atoms with Crippen LogP contribution < -0.4 is 22.8 Å². The van der Waals surface area contributed by atoms with Crippen molar-refractivity contribution < 1.29 is 0 Å². The van der Waals surface area contributed by atoms with Crippen molar-refractivity contribution in [2.45, 2.75) is 6.92 Å². The van der Waals surface area contributed by atoms with E-state index in [1.807, 2.05) is 6.92 Å². The molecule has 0 aromatic carbocycles. The molecule has 0 aliphatic heterocycles. The lowest BCUT2D eigenvalue weighted by Gasteiger charge is -1.99. The van der Waals surface area contributed by atoms with E-state index in [1.54, 1.807) is 20.3 Å². The lowest BCUT2D eigenvalue weighted by Crippen LogP contribution is -2.21. The monoisotopic (exact) mass is 265 g/mol. The van der Waals surface area contributed by atoms with Gasteiger partial charge in [0.25, 0.3) is 0 Å². The van der Waals surface area contributed by atoms with E-state index in [-0.39, 0.29) is 17.3 Å². The molecule has 2 heterocycles. The van der Waals surface area contributed by atoms with Gasteiger partial charge in [-0.1, -0.05) is 0 Å². The number of nitrogens with zero attached hydrogens (tertiary/aromatic N) is 5. The summed E-state index contributed by atoms with van der Waals surface area (Å²) >= 11 is 0. The van der Waals surface area contributed by atoms with Crippen LogP contribution in [0, 0.1) is 6.92 Å². The van der Waals surface area contributed by atoms with Crippen molar-refractivity contribution >= 4 is 11.8 Å². The number of nitrogen functional groups attached to an aromatic ring is 2. The molecule has 2 rings (SSSR count). The summed E-state index contributed by atoms with van der Waals surface area (Å²) in [4.78, 5) is 31.8. The molecule has 0 aliphatic carbocycles. The topological polar surface area (TPSA) is 135 Å². The lowest BCUT2D eigenvalue weighted by atomic mass is 10.3. The van der Waals surface area contributed by atoms with E-state index in [4.69, 9.17) is 11.5 Å². The Labute approximate surface area is 108 Å². The van der Waals surface area contributed by atoms with E-state index in [1.165, 1.54) is 15.5 Å². The number of aromatic nitrogens is 5. The largest absolute Gasteiger partial charge is 0.383 e. The van der Waals surface area contributed by atoms with E-state index in [2.05, 4.69) is 15.0 Å². The van der Waals surface area contributed by atoms with E-state index in [0.717, 1.165) is 5.56 Å². The predicted molar refractivity (Wildman–Crippen MR) is 70.3 cm³/mol. The summed E-state index contributed by atoms with van der Waals surface area (Å²) in [6.45, 7) is 1.81. The summed E-state index contributed by atoms with van der Waals surface area (Å²) in [6, 6.07) is 0. The second kappa shape index (κ2) is 5.76. The number of anilines is 2. The summed E-state index contributed by atoms with van der Waals surface area (Å²) in [6.07, 6.45) is 2.98. The average Bonchev–Trinajstić information content (AvgIpc) is 2.33. The Balaban J connectivity index is 0.000000191. The van der Waals surface area contributed by atoms with E-state index < -0.39 is 0 Å². The Morgan fingerprint density at radius 3 is 2.11 bits per heavy atom. The van der Waals surface area contributed by atoms with Gasteiger partial charge in [0.1, 0.15) is 12.1 Å². The van der Waals surface area contributed by atoms with Crippen LogP contribution in [0.4, 0.5) is 11.8 Å². The first-order valence-corrected chi connectivity index (χ1v) is 5.26. The molecule has 9 heteroatoms. The zero-order chi connectivity index (χ0) is 14.6. The summed E-state index contributed by atoms with van der Waals surface area (Å²) in [5.41, 5.74) is 10.6. The van der Waals surface area contributed by atoms with Crippen LogP contribution >= 0.6 is 0 Å². The van der Waals surface area contributed by atoms with Crippen LogP contribution in [0.1, 0.15) is 5.56 Å². The molecule has 0 fully saturated rings. The third kappa shape index (κ3) is 3.91. The van der Waals surface area contributed by atoms with Crippen LogP contribution in [0.25, 0.3) is 0 Å². The van der Waals surface area contributed by atoms with Crippen LogP contribution in [0.2, 0.25) is 0 Å². The average molecular weight is 265 g/mol. The van der Waals surface area contributed by atoms with Gasteiger partial charge in [-0.15, -0.1) is 0 Å². The Bertz CT molecular complexity index is 689. The van der Waals surface area contributed by atoms with Gasteiger partial charge in [-0.05, 0) is 6.92 Å². The van der Waals surface area contributed by atoms with Crippen molar-refractivity contribution in [1.82, 2.24) is 24.1 Å². The summed E-state index contributed by atoms with van der Waals surface area (Å²) < 4.78 is 2.64. The van der Waals surface area contributed by atoms with E-state index >= 15 is 0 Å². The first-order valence-electron chi connectivity index (χ1n) is 5.26. The summed E-state index contributed by atoms with van der Waals surface area (Å²) in [5.74, 6) is 0.321. The fourth-order valence-corrected chi connectivity index (χ4v) is 1.08. The molecule has 0 saturated carbocycles. The Hall–Kier alpha value is -2.71. The number of rotatable bonds is 0. The maximum atomic E-state index is 10.8. The molecule has 0 saturated heterocycles. The first kappa shape index (κ1) is 14.4. The minimum atomic E-state index is -0.387. The van der Waals surface area contributed by atoms with Gasteiger partial charge in [0.15, 0.2) is 0 Å². The zero-order valence-corrected chi connectivity index (χ0v) is 10.9. The number of hydrogen-bond donors (Lipinski definition) is 2. The molecular weight excluding hydrogens is 250 g/mol. The molecule has 2 aromatic rings. The maximum absolute atomic E-state index is 10.8. The zero-order valence-electron chi connectivity index (χ0n) is 10.9. The van der Waals surface area contributed by atoms with Crippen LogP contribution in [0.3, 0.4) is 0 Å². The van der Waals surface area contributed by atoms with Crippen molar-refractivity contribution in [1.29, 1.82) is 0 Å². The molecule has 9 nitrogen and oxygen atoms in total. The van der Waals surface area contributed by atoms with Crippen LogP contribution in [-0.4, -0.2) is 24.1 Å². The summed E-state index contributed by atoms with van der Waals surface area (Å²) in [7, 11) is 3.20. The molecule has 0 atom stereocenters. The Kier molecular flexibility index (Phi) is 4.35. The van der Waals surface area contributed by atoms with Crippen molar-refractivity contribution in [2.24, 2.45) is 14.1 Å². The molecule has 2 aromatic heterocycles. The highest BCUT2D eigenvalue weighted by Gasteiger charge is 1.96. The van der Waals surface area contributed by atoms with Crippen LogP contribution in [0.15, 0.2) is 22.1 Å². The molecule has 4 N–H and O–H groups in total. The van der Waals surface area contributed by atoms with Gasteiger partial charge in [0, 0.05) is 25.9 Å². The Morgan fingerprint density at radius 1 is 1.05 bits per heavy atom.